The van der Waals surface area contributed by atoms with E-state index in [0.717, 1.165) is 29.9 Å². The van der Waals surface area contributed by atoms with Crippen LogP contribution in [0.2, 0.25) is 0 Å². The summed E-state index contributed by atoms with van der Waals surface area (Å²) in [5.74, 6) is 1.31. The first kappa shape index (κ1) is 23.6. The van der Waals surface area contributed by atoms with Crippen molar-refractivity contribution in [2.24, 2.45) is 4.99 Å². The number of hydrogen-bond donors (Lipinski definition) is 0. The van der Waals surface area contributed by atoms with Crippen LogP contribution >= 0.6 is 0 Å². The van der Waals surface area contributed by atoms with Gasteiger partial charge in [-0.05, 0) is 42.8 Å². The van der Waals surface area contributed by atoms with E-state index >= 15 is 0 Å². The van der Waals surface area contributed by atoms with Crippen molar-refractivity contribution in [3.63, 3.8) is 0 Å². The third kappa shape index (κ3) is 6.98. The van der Waals surface area contributed by atoms with Crippen LogP contribution in [0.15, 0.2) is 59.2 Å². The minimum absolute atomic E-state index is 0.250. The van der Waals surface area contributed by atoms with E-state index in [-0.39, 0.29) is 5.70 Å². The zero-order valence-corrected chi connectivity index (χ0v) is 19.1. The van der Waals surface area contributed by atoms with Gasteiger partial charge in [0, 0.05) is 11.1 Å². The molecule has 0 fully saturated rings. The summed E-state index contributed by atoms with van der Waals surface area (Å²) in [6, 6.07) is 15.0. The molecule has 0 spiro atoms. The highest BCUT2D eigenvalue weighted by atomic mass is 16.6. The molecule has 0 aromatic heterocycles. The number of ether oxygens (including phenoxy) is 3. The lowest BCUT2D eigenvalue weighted by Gasteiger charge is -2.07. The van der Waals surface area contributed by atoms with Crippen LogP contribution in [0.25, 0.3) is 6.08 Å². The molecule has 5 nitrogen and oxygen atoms in total. The lowest BCUT2D eigenvalue weighted by molar-refractivity contribution is -0.129. The fourth-order valence-electron chi connectivity index (χ4n) is 3.59. The fraction of sp³-hybridized carbons (Fsp3) is 0.407. The Bertz CT molecular complexity index is 931. The zero-order chi connectivity index (χ0) is 22.6. The van der Waals surface area contributed by atoms with Gasteiger partial charge in [-0.3, -0.25) is 0 Å². The quantitative estimate of drug-likeness (QED) is 0.203. The number of hydrogen-bond acceptors (Lipinski definition) is 5. The number of unbranched alkanes of at least 4 members (excludes halogenated alkanes) is 7. The van der Waals surface area contributed by atoms with Crippen LogP contribution in [-0.2, 0) is 9.53 Å². The molecule has 1 heterocycles. The lowest BCUT2D eigenvalue weighted by Crippen LogP contribution is -2.05. The van der Waals surface area contributed by atoms with Crippen molar-refractivity contribution in [1.82, 2.24) is 0 Å². The normalized spacial score (nSPS) is 14.4. The Hall–Kier alpha value is -3.08. The second kappa shape index (κ2) is 12.7. The Morgan fingerprint density at radius 3 is 2.31 bits per heavy atom. The van der Waals surface area contributed by atoms with Crippen molar-refractivity contribution in [2.75, 3.05) is 13.7 Å². The summed E-state index contributed by atoms with van der Waals surface area (Å²) >= 11 is 0. The second-order valence-electron chi connectivity index (χ2n) is 7.93. The van der Waals surface area contributed by atoms with Crippen LogP contribution in [0.3, 0.4) is 0 Å². The number of aliphatic imine (C=N–C) groups is 1. The molecule has 0 atom stereocenters. The van der Waals surface area contributed by atoms with Crippen molar-refractivity contribution in [3.05, 3.63) is 65.4 Å². The van der Waals surface area contributed by atoms with Crippen molar-refractivity contribution in [2.45, 2.75) is 58.3 Å². The Morgan fingerprint density at radius 1 is 0.906 bits per heavy atom. The molecule has 5 heteroatoms. The van der Waals surface area contributed by atoms with E-state index in [1.807, 2.05) is 48.5 Å². The van der Waals surface area contributed by atoms with Gasteiger partial charge >= 0.3 is 5.97 Å². The van der Waals surface area contributed by atoms with Crippen LogP contribution < -0.4 is 9.47 Å². The summed E-state index contributed by atoms with van der Waals surface area (Å²) in [6.07, 6.45) is 11.9. The molecule has 2 aromatic carbocycles. The summed E-state index contributed by atoms with van der Waals surface area (Å²) in [5.41, 5.74) is 1.76. The molecule has 0 amide bonds. The molecule has 1 aliphatic rings. The highest BCUT2D eigenvalue weighted by Crippen LogP contribution is 2.25. The molecule has 0 N–H and O–H groups in total. The van der Waals surface area contributed by atoms with Crippen molar-refractivity contribution >= 4 is 17.9 Å². The van der Waals surface area contributed by atoms with Crippen LogP contribution in [0.5, 0.6) is 11.5 Å². The average Bonchev–Trinajstić information content (AvgIpc) is 3.19. The molecule has 2 aromatic rings. The van der Waals surface area contributed by atoms with Gasteiger partial charge in [0.2, 0.25) is 5.90 Å². The molecule has 170 valence electrons. The van der Waals surface area contributed by atoms with Crippen molar-refractivity contribution < 1.29 is 19.0 Å². The van der Waals surface area contributed by atoms with Gasteiger partial charge in [0.1, 0.15) is 11.5 Å². The highest BCUT2D eigenvalue weighted by Gasteiger charge is 2.24. The predicted molar refractivity (Wildman–Crippen MR) is 128 cm³/mol. The molecule has 0 saturated carbocycles. The summed E-state index contributed by atoms with van der Waals surface area (Å²) in [6.45, 7) is 2.96. The van der Waals surface area contributed by atoms with Gasteiger partial charge in [0.05, 0.1) is 13.7 Å². The molecule has 0 aliphatic carbocycles. The van der Waals surface area contributed by atoms with Crippen LogP contribution in [-0.4, -0.2) is 25.6 Å². The Balaban J connectivity index is 1.49. The molecule has 3 rings (SSSR count). The second-order valence-corrected chi connectivity index (χ2v) is 7.93. The molecule has 1 aliphatic heterocycles. The number of cyclic esters (lactones) is 1. The smallest absolute Gasteiger partial charge is 0.363 e. The minimum Gasteiger partial charge on any atom is -0.496 e. The average molecular weight is 436 g/mol. The number of rotatable bonds is 13. The minimum atomic E-state index is -0.471. The van der Waals surface area contributed by atoms with E-state index < -0.39 is 5.97 Å². The SMILES string of the molecule is CCCCCCCCCCOc1ccc(C2=NC(=Cc3ccccc3OC)C(=O)O2)cc1. The Morgan fingerprint density at radius 2 is 1.59 bits per heavy atom. The van der Waals surface area contributed by atoms with Gasteiger partial charge < -0.3 is 14.2 Å². The summed E-state index contributed by atoms with van der Waals surface area (Å²) in [7, 11) is 1.59. The van der Waals surface area contributed by atoms with Crippen LogP contribution in [0.4, 0.5) is 0 Å². The van der Waals surface area contributed by atoms with E-state index in [2.05, 4.69) is 11.9 Å². The number of para-hydroxylation sites is 1. The zero-order valence-electron chi connectivity index (χ0n) is 19.1. The van der Waals surface area contributed by atoms with E-state index in [0.29, 0.717) is 11.6 Å². The molecule has 32 heavy (non-hydrogen) atoms. The maximum absolute atomic E-state index is 12.3. The van der Waals surface area contributed by atoms with E-state index in [1.165, 1.54) is 44.9 Å². The van der Waals surface area contributed by atoms with Gasteiger partial charge in [-0.2, -0.15) is 0 Å². The monoisotopic (exact) mass is 435 g/mol. The number of methoxy groups -OCH3 is 1. The fourth-order valence-corrected chi connectivity index (χ4v) is 3.59. The number of carbonyl (C=O) groups excluding carboxylic acids is 1. The maximum atomic E-state index is 12.3. The van der Waals surface area contributed by atoms with Crippen molar-refractivity contribution in [3.8, 4) is 11.5 Å². The standard InChI is InChI=1S/C27H33NO4/c1-3-4-5-6-7-8-9-12-19-31-23-17-15-21(16-18-23)26-28-24(27(29)32-26)20-22-13-10-11-14-25(22)30-2/h10-11,13-18,20H,3-9,12,19H2,1-2H3. The number of esters is 1. The van der Waals surface area contributed by atoms with Gasteiger partial charge in [0.25, 0.3) is 0 Å². The molecule has 0 unspecified atom stereocenters. The van der Waals surface area contributed by atoms with Gasteiger partial charge in [-0.15, -0.1) is 0 Å². The molecule has 0 bridgehead atoms. The third-order valence-corrected chi connectivity index (χ3v) is 5.42. The Labute approximate surface area is 191 Å². The first-order valence-corrected chi connectivity index (χ1v) is 11.6. The first-order valence-electron chi connectivity index (χ1n) is 11.6. The van der Waals surface area contributed by atoms with E-state index in [1.54, 1.807) is 13.2 Å². The third-order valence-electron chi connectivity index (χ3n) is 5.42. The largest absolute Gasteiger partial charge is 0.496 e. The first-order chi connectivity index (χ1) is 15.7. The van der Waals surface area contributed by atoms with Crippen molar-refractivity contribution in [1.29, 1.82) is 0 Å². The van der Waals surface area contributed by atoms with Crippen LogP contribution in [0.1, 0.15) is 69.4 Å². The number of carbonyl (C=O) groups is 1. The van der Waals surface area contributed by atoms with E-state index in [9.17, 15) is 4.79 Å². The van der Waals surface area contributed by atoms with E-state index in [4.69, 9.17) is 14.2 Å². The summed E-state index contributed by atoms with van der Waals surface area (Å²) in [4.78, 5) is 16.6. The molecule has 0 saturated heterocycles. The maximum Gasteiger partial charge on any atom is 0.363 e. The lowest BCUT2D eigenvalue weighted by atomic mass is 10.1. The van der Waals surface area contributed by atoms with Crippen LogP contribution in [0, 0.1) is 0 Å². The summed E-state index contributed by atoms with van der Waals surface area (Å²) in [5, 5.41) is 0. The highest BCUT2D eigenvalue weighted by molar-refractivity contribution is 6.13. The molecular formula is C27H33NO4. The topological polar surface area (TPSA) is 57.1 Å². The van der Waals surface area contributed by atoms with Gasteiger partial charge in [-0.1, -0.05) is 70.1 Å². The Kier molecular flexibility index (Phi) is 9.36. The molecular weight excluding hydrogens is 402 g/mol. The summed E-state index contributed by atoms with van der Waals surface area (Å²) < 4.78 is 16.5. The molecule has 0 radical (unpaired) electrons. The van der Waals surface area contributed by atoms with Gasteiger partial charge in [0.15, 0.2) is 5.70 Å². The predicted octanol–water partition coefficient (Wildman–Crippen LogP) is 6.56. The van der Waals surface area contributed by atoms with Gasteiger partial charge in [-0.25, -0.2) is 9.79 Å². The number of nitrogens with zero attached hydrogens (tertiary/aromatic N) is 1. The number of benzene rings is 2.